The van der Waals surface area contributed by atoms with Crippen LogP contribution < -0.4 is 10.1 Å². The van der Waals surface area contributed by atoms with Gasteiger partial charge in [0.05, 0.1) is 26.0 Å². The molecule has 2 heterocycles. The molecule has 1 saturated heterocycles. The fourth-order valence-electron chi connectivity index (χ4n) is 3.61. The highest BCUT2D eigenvalue weighted by Crippen LogP contribution is 2.22. The van der Waals surface area contributed by atoms with E-state index in [9.17, 15) is 14.4 Å². The molecule has 2 aromatic rings. The summed E-state index contributed by atoms with van der Waals surface area (Å²) in [7, 11) is 1.59. The zero-order chi connectivity index (χ0) is 22.2. The molecule has 1 N–H and O–H groups in total. The van der Waals surface area contributed by atoms with Crippen LogP contribution in [0.2, 0.25) is 0 Å². The molecular weight excluding hydrogens is 396 g/mol. The van der Waals surface area contributed by atoms with Gasteiger partial charge in [0.2, 0.25) is 17.7 Å². The van der Waals surface area contributed by atoms with Gasteiger partial charge in [-0.1, -0.05) is 18.2 Å². The van der Waals surface area contributed by atoms with Gasteiger partial charge in [0.25, 0.3) is 0 Å². The Morgan fingerprint density at radius 3 is 2.19 bits per heavy atom. The zero-order valence-corrected chi connectivity index (χ0v) is 17.9. The molecule has 31 heavy (non-hydrogen) atoms. The van der Waals surface area contributed by atoms with E-state index in [2.05, 4.69) is 10.3 Å². The minimum atomic E-state index is -0.417. The standard InChI is InChI=1S/C23H28N4O4/c1-17(28)25-21(18-6-8-20(31-2)9-7-18)16-23(30)27-13-11-26(12-14-27)22(29)15-19-5-3-4-10-24-19/h3-10,21H,11-16H2,1-2H3,(H,25,28). The molecule has 1 aliphatic heterocycles. The second-order valence-electron chi connectivity index (χ2n) is 7.49. The van der Waals surface area contributed by atoms with E-state index in [1.165, 1.54) is 6.92 Å². The van der Waals surface area contributed by atoms with Crippen molar-refractivity contribution in [1.82, 2.24) is 20.1 Å². The van der Waals surface area contributed by atoms with Crippen LogP contribution >= 0.6 is 0 Å². The first kappa shape index (κ1) is 22.3. The van der Waals surface area contributed by atoms with Gasteiger partial charge in [0.1, 0.15) is 5.75 Å². The summed E-state index contributed by atoms with van der Waals surface area (Å²) in [4.78, 5) is 44.8. The normalized spacial score (nSPS) is 14.6. The van der Waals surface area contributed by atoms with Gasteiger partial charge >= 0.3 is 0 Å². The van der Waals surface area contributed by atoms with E-state index >= 15 is 0 Å². The number of nitrogens with zero attached hydrogens (tertiary/aromatic N) is 3. The van der Waals surface area contributed by atoms with Crippen LogP contribution in [0.25, 0.3) is 0 Å². The van der Waals surface area contributed by atoms with Crippen LogP contribution in [-0.4, -0.2) is 65.8 Å². The van der Waals surface area contributed by atoms with Gasteiger partial charge in [-0.05, 0) is 29.8 Å². The minimum Gasteiger partial charge on any atom is -0.497 e. The quantitative estimate of drug-likeness (QED) is 0.729. The number of aromatic nitrogens is 1. The number of benzene rings is 1. The van der Waals surface area contributed by atoms with Crippen molar-refractivity contribution in [3.05, 3.63) is 59.9 Å². The minimum absolute atomic E-state index is 0.0140. The Kier molecular flexibility index (Phi) is 7.59. The van der Waals surface area contributed by atoms with Gasteiger partial charge < -0.3 is 19.9 Å². The summed E-state index contributed by atoms with van der Waals surface area (Å²) in [6.07, 6.45) is 2.10. The van der Waals surface area contributed by atoms with Crippen molar-refractivity contribution in [3.8, 4) is 5.75 Å². The highest BCUT2D eigenvalue weighted by Gasteiger charge is 2.26. The van der Waals surface area contributed by atoms with E-state index in [1.807, 2.05) is 30.3 Å². The lowest BCUT2D eigenvalue weighted by Gasteiger charge is -2.35. The summed E-state index contributed by atoms with van der Waals surface area (Å²) >= 11 is 0. The van der Waals surface area contributed by atoms with Gasteiger partial charge in [-0.2, -0.15) is 0 Å². The third kappa shape index (κ3) is 6.28. The smallest absolute Gasteiger partial charge is 0.228 e. The molecule has 0 radical (unpaired) electrons. The fourth-order valence-corrected chi connectivity index (χ4v) is 3.61. The average molecular weight is 425 g/mol. The Labute approximate surface area is 182 Å². The van der Waals surface area contributed by atoms with Crippen molar-refractivity contribution >= 4 is 17.7 Å². The first-order valence-corrected chi connectivity index (χ1v) is 10.3. The number of carbonyl (C=O) groups is 3. The summed E-state index contributed by atoms with van der Waals surface area (Å²) in [5, 5.41) is 2.86. The van der Waals surface area contributed by atoms with E-state index in [0.29, 0.717) is 31.9 Å². The maximum Gasteiger partial charge on any atom is 0.228 e. The monoisotopic (exact) mass is 424 g/mol. The number of nitrogens with one attached hydrogen (secondary N) is 1. The summed E-state index contributed by atoms with van der Waals surface area (Å²) in [6.45, 7) is 3.37. The highest BCUT2D eigenvalue weighted by molar-refractivity contribution is 5.81. The van der Waals surface area contributed by atoms with Crippen molar-refractivity contribution in [3.63, 3.8) is 0 Å². The first-order valence-electron chi connectivity index (χ1n) is 10.3. The molecule has 1 aromatic heterocycles. The maximum atomic E-state index is 12.9. The molecule has 1 aromatic carbocycles. The summed E-state index contributed by atoms with van der Waals surface area (Å²) in [5.74, 6) is 0.480. The van der Waals surface area contributed by atoms with Gasteiger partial charge in [0, 0.05) is 45.0 Å². The van der Waals surface area contributed by atoms with E-state index in [4.69, 9.17) is 4.74 Å². The highest BCUT2D eigenvalue weighted by atomic mass is 16.5. The SMILES string of the molecule is COc1ccc(C(CC(=O)N2CCN(C(=O)Cc3ccccn3)CC2)NC(C)=O)cc1. The van der Waals surface area contributed by atoms with Crippen LogP contribution in [0.1, 0.15) is 30.6 Å². The number of piperazine rings is 1. The predicted molar refractivity (Wildman–Crippen MR) is 115 cm³/mol. The largest absolute Gasteiger partial charge is 0.497 e. The molecule has 0 saturated carbocycles. The van der Waals surface area contributed by atoms with Gasteiger partial charge in [-0.15, -0.1) is 0 Å². The molecule has 0 bridgehead atoms. The van der Waals surface area contributed by atoms with E-state index in [1.54, 1.807) is 35.2 Å². The number of amides is 3. The number of hydrogen-bond acceptors (Lipinski definition) is 5. The van der Waals surface area contributed by atoms with Crippen molar-refractivity contribution in [2.45, 2.75) is 25.8 Å². The van der Waals surface area contributed by atoms with Crippen LogP contribution in [0.4, 0.5) is 0 Å². The van der Waals surface area contributed by atoms with Crippen molar-refractivity contribution < 1.29 is 19.1 Å². The molecule has 3 rings (SSSR count). The molecule has 8 nitrogen and oxygen atoms in total. The lowest BCUT2D eigenvalue weighted by molar-refractivity contribution is -0.139. The van der Waals surface area contributed by atoms with Crippen LogP contribution in [0.15, 0.2) is 48.7 Å². The molecule has 3 amide bonds. The van der Waals surface area contributed by atoms with Crippen molar-refractivity contribution in [2.75, 3.05) is 33.3 Å². The van der Waals surface area contributed by atoms with Crippen LogP contribution in [-0.2, 0) is 20.8 Å². The fraction of sp³-hybridized carbons (Fsp3) is 0.391. The Bertz CT molecular complexity index is 894. The summed E-state index contributed by atoms with van der Waals surface area (Å²) < 4.78 is 5.17. The number of pyridine rings is 1. The number of carbonyl (C=O) groups excluding carboxylic acids is 3. The topological polar surface area (TPSA) is 91.8 Å². The third-order valence-corrected chi connectivity index (χ3v) is 5.32. The van der Waals surface area contributed by atoms with Crippen LogP contribution in [0.3, 0.4) is 0 Å². The van der Waals surface area contributed by atoms with Gasteiger partial charge in [-0.25, -0.2) is 0 Å². The predicted octanol–water partition coefficient (Wildman–Crippen LogP) is 1.57. The molecule has 1 aliphatic rings. The number of hydrogen-bond donors (Lipinski definition) is 1. The Hall–Kier alpha value is -3.42. The molecule has 164 valence electrons. The molecule has 1 fully saturated rings. The lowest BCUT2D eigenvalue weighted by atomic mass is 10.0. The molecule has 1 unspecified atom stereocenters. The third-order valence-electron chi connectivity index (χ3n) is 5.32. The van der Waals surface area contributed by atoms with Crippen molar-refractivity contribution in [2.24, 2.45) is 0 Å². The van der Waals surface area contributed by atoms with E-state index in [0.717, 1.165) is 11.3 Å². The molecule has 8 heteroatoms. The summed E-state index contributed by atoms with van der Waals surface area (Å²) in [6, 6.07) is 12.4. The van der Waals surface area contributed by atoms with Crippen molar-refractivity contribution in [1.29, 1.82) is 0 Å². The summed E-state index contributed by atoms with van der Waals surface area (Å²) in [5.41, 5.74) is 1.58. The van der Waals surface area contributed by atoms with Crippen LogP contribution in [0.5, 0.6) is 5.75 Å². The average Bonchev–Trinajstić information content (AvgIpc) is 2.79. The Balaban J connectivity index is 1.55. The molecule has 0 spiro atoms. The van der Waals surface area contributed by atoms with E-state index in [-0.39, 0.29) is 30.6 Å². The molecular formula is C23H28N4O4. The van der Waals surface area contributed by atoms with E-state index < -0.39 is 6.04 Å². The first-order chi connectivity index (χ1) is 15.0. The number of ether oxygens (including phenoxy) is 1. The van der Waals surface area contributed by atoms with Gasteiger partial charge in [-0.3, -0.25) is 19.4 Å². The van der Waals surface area contributed by atoms with Gasteiger partial charge in [0.15, 0.2) is 0 Å². The Morgan fingerprint density at radius 1 is 1.00 bits per heavy atom. The maximum absolute atomic E-state index is 12.9. The van der Waals surface area contributed by atoms with Crippen LogP contribution in [0, 0.1) is 0 Å². The number of rotatable bonds is 7. The Morgan fingerprint density at radius 2 is 1.65 bits per heavy atom. The zero-order valence-electron chi connectivity index (χ0n) is 17.9. The molecule has 1 atom stereocenters. The second kappa shape index (κ2) is 10.6. The molecule has 0 aliphatic carbocycles. The lowest BCUT2D eigenvalue weighted by Crippen LogP contribution is -2.51. The second-order valence-corrected chi connectivity index (χ2v) is 7.49. The number of methoxy groups -OCH3 is 1.